The molecule has 2 aliphatic rings. The highest BCUT2D eigenvalue weighted by molar-refractivity contribution is 5.76. The molecule has 3 aromatic rings. The zero-order chi connectivity index (χ0) is 17.5. The summed E-state index contributed by atoms with van der Waals surface area (Å²) in [6.45, 7) is 3.28. The number of para-hydroxylation sites is 1. The van der Waals surface area contributed by atoms with E-state index in [1.165, 1.54) is 30.4 Å². The summed E-state index contributed by atoms with van der Waals surface area (Å²) < 4.78 is 5.52. The van der Waals surface area contributed by atoms with Crippen molar-refractivity contribution in [3.05, 3.63) is 70.2 Å². The highest BCUT2D eigenvalue weighted by atomic mass is 16.4. The molecule has 0 radical (unpaired) electrons. The van der Waals surface area contributed by atoms with Crippen LogP contribution in [0.1, 0.15) is 36.3 Å². The van der Waals surface area contributed by atoms with Crippen molar-refractivity contribution in [3.8, 4) is 0 Å². The second-order valence-corrected chi connectivity index (χ2v) is 7.89. The number of nitrogens with zero attached hydrogens (tertiary/aromatic N) is 1. The van der Waals surface area contributed by atoms with Crippen LogP contribution in [-0.2, 0) is 6.54 Å². The minimum absolute atomic E-state index is 0.348. The van der Waals surface area contributed by atoms with E-state index in [1.54, 1.807) is 0 Å². The number of rotatable bonds is 3. The third-order valence-corrected chi connectivity index (χ3v) is 6.24. The van der Waals surface area contributed by atoms with Gasteiger partial charge in [-0.2, -0.15) is 0 Å². The van der Waals surface area contributed by atoms with Crippen LogP contribution in [0.5, 0.6) is 0 Å². The van der Waals surface area contributed by atoms with E-state index in [-0.39, 0.29) is 5.76 Å². The number of hydrogen-bond donors (Lipinski definition) is 1. The van der Waals surface area contributed by atoms with E-state index in [0.717, 1.165) is 30.7 Å². The monoisotopic (exact) mass is 348 g/mol. The normalized spacial score (nSPS) is 26.2. The van der Waals surface area contributed by atoms with Crippen LogP contribution in [0.25, 0.3) is 11.1 Å². The second kappa shape index (κ2) is 6.44. The van der Waals surface area contributed by atoms with Crippen LogP contribution in [-0.4, -0.2) is 23.0 Å². The molecule has 5 rings (SSSR count). The Hall–Kier alpha value is -2.33. The Balaban J connectivity index is 1.45. The zero-order valence-electron chi connectivity index (χ0n) is 14.9. The molecule has 1 N–H and O–H groups in total. The third kappa shape index (κ3) is 2.78. The van der Waals surface area contributed by atoms with Gasteiger partial charge in [0.15, 0.2) is 5.58 Å². The van der Waals surface area contributed by atoms with Crippen LogP contribution >= 0.6 is 0 Å². The molecule has 0 spiro atoms. The zero-order valence-corrected chi connectivity index (χ0v) is 14.9. The van der Waals surface area contributed by atoms with Gasteiger partial charge in [0.25, 0.3) is 0 Å². The number of oxazole rings is 1. The predicted octanol–water partition coefficient (Wildman–Crippen LogP) is 4.14. The summed E-state index contributed by atoms with van der Waals surface area (Å²) in [6, 6.07) is 16.9. The summed E-state index contributed by atoms with van der Waals surface area (Å²) >= 11 is 0. The first kappa shape index (κ1) is 15.9. The van der Waals surface area contributed by atoms with Crippen molar-refractivity contribution in [1.29, 1.82) is 0 Å². The van der Waals surface area contributed by atoms with Crippen LogP contribution < -0.4 is 5.76 Å². The van der Waals surface area contributed by atoms with Gasteiger partial charge >= 0.3 is 5.76 Å². The Labute approximate surface area is 152 Å². The Kier molecular flexibility index (Phi) is 3.93. The SMILES string of the molecule is O=c1[nH]c2cccc(C3C4CCCC3CN(Cc3ccccc3)C4)c2o1. The van der Waals surface area contributed by atoms with E-state index in [9.17, 15) is 4.79 Å². The molecule has 2 bridgehead atoms. The fourth-order valence-corrected chi connectivity index (χ4v) is 5.27. The van der Waals surface area contributed by atoms with Crippen LogP contribution in [0.4, 0.5) is 0 Å². The molecular weight excluding hydrogens is 324 g/mol. The number of aromatic amines is 1. The van der Waals surface area contributed by atoms with Gasteiger partial charge in [-0.05, 0) is 42.2 Å². The molecule has 1 saturated carbocycles. The van der Waals surface area contributed by atoms with Crippen LogP contribution in [0.15, 0.2) is 57.7 Å². The summed E-state index contributed by atoms with van der Waals surface area (Å²) in [4.78, 5) is 17.1. The number of H-pyrrole nitrogens is 1. The number of likely N-dealkylation sites (tertiary alicyclic amines) is 1. The number of hydrogen-bond acceptors (Lipinski definition) is 3. The van der Waals surface area contributed by atoms with Crippen molar-refractivity contribution in [2.45, 2.75) is 31.7 Å². The average molecular weight is 348 g/mol. The summed E-state index contributed by atoms with van der Waals surface area (Å²) in [5.41, 5.74) is 4.23. The quantitative estimate of drug-likeness (QED) is 0.774. The lowest BCUT2D eigenvalue weighted by Gasteiger charge is -2.47. The van der Waals surface area contributed by atoms with Crippen molar-refractivity contribution in [2.24, 2.45) is 11.8 Å². The summed E-state index contributed by atoms with van der Waals surface area (Å²) in [7, 11) is 0. The number of aromatic nitrogens is 1. The molecule has 2 aromatic carbocycles. The molecule has 2 fully saturated rings. The molecule has 0 amide bonds. The van der Waals surface area contributed by atoms with Gasteiger partial charge in [-0.15, -0.1) is 0 Å². The van der Waals surface area contributed by atoms with E-state index in [0.29, 0.717) is 17.8 Å². The van der Waals surface area contributed by atoms with E-state index < -0.39 is 0 Å². The molecule has 26 heavy (non-hydrogen) atoms. The van der Waals surface area contributed by atoms with Crippen molar-refractivity contribution in [1.82, 2.24) is 9.88 Å². The van der Waals surface area contributed by atoms with E-state index in [4.69, 9.17) is 4.42 Å². The maximum absolute atomic E-state index is 11.7. The lowest BCUT2D eigenvalue weighted by Crippen LogP contribution is -2.47. The number of nitrogens with one attached hydrogen (secondary N) is 1. The fourth-order valence-electron chi connectivity index (χ4n) is 5.27. The summed E-state index contributed by atoms with van der Waals surface area (Å²) in [5.74, 6) is 1.42. The summed E-state index contributed by atoms with van der Waals surface area (Å²) in [5, 5.41) is 0. The highest BCUT2D eigenvalue weighted by Crippen LogP contribution is 2.47. The molecule has 4 heteroatoms. The van der Waals surface area contributed by atoms with Gasteiger partial charge in [0.1, 0.15) is 0 Å². The molecule has 1 aliphatic heterocycles. The Bertz CT molecular complexity index is 945. The largest absolute Gasteiger partial charge is 0.417 e. The fraction of sp³-hybridized carbons (Fsp3) is 0.409. The second-order valence-electron chi connectivity index (χ2n) is 7.89. The van der Waals surface area contributed by atoms with E-state index >= 15 is 0 Å². The Morgan fingerprint density at radius 2 is 1.77 bits per heavy atom. The summed E-state index contributed by atoms with van der Waals surface area (Å²) in [6.07, 6.45) is 3.84. The van der Waals surface area contributed by atoms with Crippen LogP contribution in [0.3, 0.4) is 0 Å². The van der Waals surface area contributed by atoms with Gasteiger partial charge in [-0.1, -0.05) is 48.9 Å². The first-order valence-electron chi connectivity index (χ1n) is 9.66. The molecule has 2 unspecified atom stereocenters. The molecule has 1 saturated heterocycles. The number of fused-ring (bicyclic) bond motifs is 3. The van der Waals surface area contributed by atoms with Crippen molar-refractivity contribution in [3.63, 3.8) is 0 Å². The molecule has 1 aromatic heterocycles. The molecule has 2 heterocycles. The molecule has 134 valence electrons. The third-order valence-electron chi connectivity index (χ3n) is 6.24. The minimum atomic E-state index is -0.348. The van der Waals surface area contributed by atoms with Crippen LogP contribution in [0.2, 0.25) is 0 Å². The molecule has 4 nitrogen and oxygen atoms in total. The lowest BCUT2D eigenvalue weighted by molar-refractivity contribution is 0.0562. The Morgan fingerprint density at radius 3 is 2.54 bits per heavy atom. The van der Waals surface area contributed by atoms with Crippen molar-refractivity contribution < 1.29 is 4.42 Å². The molecule has 2 atom stereocenters. The van der Waals surface area contributed by atoms with Crippen molar-refractivity contribution >= 4 is 11.1 Å². The molecular formula is C22H24N2O2. The lowest BCUT2D eigenvalue weighted by atomic mass is 9.66. The number of piperidine rings is 1. The standard InChI is InChI=1S/C22H24N2O2/c25-22-23-19-11-5-10-18(21(19)26-22)20-16-8-4-9-17(20)14-24(13-16)12-15-6-2-1-3-7-15/h1-3,5-7,10-11,16-17,20H,4,8-9,12-14H2,(H,23,25). The predicted molar refractivity (Wildman–Crippen MR) is 102 cm³/mol. The smallest absolute Gasteiger partial charge is 0.408 e. The first-order chi connectivity index (χ1) is 12.8. The average Bonchev–Trinajstić information content (AvgIpc) is 3.02. The first-order valence-corrected chi connectivity index (χ1v) is 9.66. The maximum atomic E-state index is 11.7. The van der Waals surface area contributed by atoms with E-state index in [1.807, 2.05) is 6.07 Å². The topological polar surface area (TPSA) is 49.2 Å². The Morgan fingerprint density at radius 1 is 1.00 bits per heavy atom. The van der Waals surface area contributed by atoms with Gasteiger partial charge in [-0.3, -0.25) is 9.88 Å². The van der Waals surface area contributed by atoms with Gasteiger partial charge in [0.05, 0.1) is 5.52 Å². The van der Waals surface area contributed by atoms with Gasteiger partial charge < -0.3 is 4.42 Å². The highest BCUT2D eigenvalue weighted by Gasteiger charge is 2.41. The maximum Gasteiger partial charge on any atom is 0.417 e. The molecule has 1 aliphatic carbocycles. The number of benzene rings is 2. The van der Waals surface area contributed by atoms with Gasteiger partial charge in [-0.25, -0.2) is 4.79 Å². The van der Waals surface area contributed by atoms with Gasteiger partial charge in [0, 0.05) is 25.2 Å². The van der Waals surface area contributed by atoms with Gasteiger partial charge in [0.2, 0.25) is 0 Å². The van der Waals surface area contributed by atoms with E-state index in [2.05, 4.69) is 52.3 Å². The van der Waals surface area contributed by atoms with Crippen molar-refractivity contribution in [2.75, 3.05) is 13.1 Å². The van der Waals surface area contributed by atoms with Crippen LogP contribution in [0, 0.1) is 11.8 Å². The minimum Gasteiger partial charge on any atom is -0.408 e.